The minimum Gasteiger partial charge on any atom is -0.267 e. The average Bonchev–Trinajstić information content (AvgIpc) is 2.97. The molecule has 0 radical (unpaired) electrons. The Morgan fingerprint density at radius 3 is 2.32 bits per heavy atom. The lowest BCUT2D eigenvalue weighted by molar-refractivity contribution is 0.790. The zero-order valence-electron chi connectivity index (χ0n) is 13.7. The lowest BCUT2D eigenvalue weighted by Crippen LogP contribution is -2.21. The number of fused-ring (bicyclic) bond motifs is 4. The fourth-order valence-electron chi connectivity index (χ4n) is 3.48. The highest BCUT2D eigenvalue weighted by Gasteiger charge is 2.17. The quantitative estimate of drug-likeness (QED) is 0.465. The Kier molecular flexibility index (Phi) is 2.82. The summed E-state index contributed by atoms with van der Waals surface area (Å²) in [5.41, 5.74) is 4.40. The van der Waals surface area contributed by atoms with Gasteiger partial charge < -0.3 is 0 Å². The van der Waals surface area contributed by atoms with E-state index in [1.54, 1.807) is 4.52 Å². The molecule has 3 aromatic carbocycles. The smallest absolute Gasteiger partial charge is 0.267 e. The van der Waals surface area contributed by atoms with Crippen LogP contribution in [0.1, 0.15) is 5.56 Å². The van der Waals surface area contributed by atoms with Gasteiger partial charge in [0.15, 0.2) is 5.65 Å². The van der Waals surface area contributed by atoms with Gasteiger partial charge in [0, 0.05) is 5.39 Å². The maximum atomic E-state index is 13.3. The van der Waals surface area contributed by atoms with Gasteiger partial charge in [0.2, 0.25) is 0 Å². The Balaban J connectivity index is 2.11. The molecule has 0 bridgehead atoms. The largest absolute Gasteiger partial charge is 0.281 e. The predicted molar refractivity (Wildman–Crippen MR) is 101 cm³/mol. The first kappa shape index (κ1) is 14.0. The van der Waals surface area contributed by atoms with E-state index >= 15 is 0 Å². The molecule has 0 N–H and O–H groups in total. The molecular formula is C21H15N3O. The van der Waals surface area contributed by atoms with E-state index in [0.29, 0.717) is 11.0 Å². The van der Waals surface area contributed by atoms with Crippen LogP contribution in [-0.4, -0.2) is 14.2 Å². The van der Waals surface area contributed by atoms with Gasteiger partial charge in [0.25, 0.3) is 5.56 Å². The van der Waals surface area contributed by atoms with Crippen LogP contribution in [0.2, 0.25) is 0 Å². The van der Waals surface area contributed by atoms with E-state index in [1.165, 1.54) is 0 Å². The molecule has 25 heavy (non-hydrogen) atoms. The molecule has 5 rings (SSSR count). The normalized spacial score (nSPS) is 11.6. The average molecular weight is 325 g/mol. The van der Waals surface area contributed by atoms with Gasteiger partial charge in [0.1, 0.15) is 0 Å². The maximum absolute atomic E-state index is 13.3. The van der Waals surface area contributed by atoms with Crippen LogP contribution < -0.4 is 5.56 Å². The van der Waals surface area contributed by atoms with Crippen LogP contribution in [0.25, 0.3) is 33.1 Å². The number of para-hydroxylation sites is 3. The van der Waals surface area contributed by atoms with Gasteiger partial charge in [0.05, 0.1) is 22.1 Å². The molecule has 0 saturated carbocycles. The van der Waals surface area contributed by atoms with Gasteiger partial charge in [-0.25, -0.2) is 9.67 Å². The maximum Gasteiger partial charge on any atom is 0.281 e. The van der Waals surface area contributed by atoms with Gasteiger partial charge in [-0.15, -0.1) is 0 Å². The van der Waals surface area contributed by atoms with E-state index in [0.717, 1.165) is 27.7 Å². The number of hydrogen-bond donors (Lipinski definition) is 0. The third-order valence-corrected chi connectivity index (χ3v) is 4.67. The van der Waals surface area contributed by atoms with E-state index in [9.17, 15) is 4.79 Å². The predicted octanol–water partition coefficient (Wildman–Crippen LogP) is 4.10. The molecule has 0 fully saturated rings. The summed E-state index contributed by atoms with van der Waals surface area (Å²) in [6.07, 6.45) is 0. The van der Waals surface area contributed by atoms with Crippen molar-refractivity contribution in [2.45, 2.75) is 6.92 Å². The molecule has 5 aromatic rings. The van der Waals surface area contributed by atoms with Crippen LogP contribution in [-0.2, 0) is 0 Å². The van der Waals surface area contributed by atoms with Gasteiger partial charge in [-0.3, -0.25) is 4.79 Å². The molecule has 0 aliphatic rings. The highest BCUT2D eigenvalue weighted by molar-refractivity contribution is 5.96. The van der Waals surface area contributed by atoms with Crippen molar-refractivity contribution < 1.29 is 0 Å². The molecule has 0 unspecified atom stereocenters. The summed E-state index contributed by atoms with van der Waals surface area (Å²) in [4.78, 5) is 18.0. The van der Waals surface area contributed by atoms with Crippen molar-refractivity contribution in [3.8, 4) is 5.69 Å². The van der Waals surface area contributed by atoms with Crippen molar-refractivity contribution in [2.24, 2.45) is 0 Å². The molecule has 2 aromatic heterocycles. The number of hydrogen-bond acceptors (Lipinski definition) is 2. The van der Waals surface area contributed by atoms with E-state index in [-0.39, 0.29) is 5.56 Å². The second kappa shape index (κ2) is 5.05. The molecular weight excluding hydrogens is 310 g/mol. The zero-order chi connectivity index (χ0) is 17.0. The second-order valence-electron chi connectivity index (χ2n) is 6.18. The van der Waals surface area contributed by atoms with Crippen LogP contribution in [0.3, 0.4) is 0 Å². The summed E-state index contributed by atoms with van der Waals surface area (Å²) in [5, 5.41) is 1.59. The SMILES string of the molecule is Cc1ccccc1-n1c2ccccc2c2nc3ccccc3c(=O)n21. The van der Waals surface area contributed by atoms with Crippen LogP contribution in [0.4, 0.5) is 0 Å². The number of aromatic nitrogens is 3. The Morgan fingerprint density at radius 1 is 0.800 bits per heavy atom. The van der Waals surface area contributed by atoms with Gasteiger partial charge >= 0.3 is 0 Å². The summed E-state index contributed by atoms with van der Waals surface area (Å²) in [6, 6.07) is 23.6. The van der Waals surface area contributed by atoms with E-state index in [2.05, 4.69) is 13.0 Å². The first-order valence-electron chi connectivity index (χ1n) is 8.23. The summed E-state index contributed by atoms with van der Waals surface area (Å²) in [6.45, 7) is 2.05. The lowest BCUT2D eigenvalue weighted by atomic mass is 10.2. The second-order valence-corrected chi connectivity index (χ2v) is 6.18. The minimum atomic E-state index is -0.0555. The van der Waals surface area contributed by atoms with E-state index in [4.69, 9.17) is 4.98 Å². The first-order chi connectivity index (χ1) is 12.3. The van der Waals surface area contributed by atoms with E-state index in [1.807, 2.05) is 71.4 Å². The molecule has 0 aliphatic heterocycles. The van der Waals surface area contributed by atoms with E-state index < -0.39 is 0 Å². The summed E-state index contributed by atoms with van der Waals surface area (Å²) in [5.74, 6) is 0. The van der Waals surface area contributed by atoms with Crippen molar-refractivity contribution in [3.63, 3.8) is 0 Å². The highest BCUT2D eigenvalue weighted by Crippen LogP contribution is 2.26. The molecule has 0 atom stereocenters. The number of rotatable bonds is 1. The van der Waals surface area contributed by atoms with Crippen LogP contribution >= 0.6 is 0 Å². The number of nitrogens with zero attached hydrogens (tertiary/aromatic N) is 3. The van der Waals surface area contributed by atoms with Crippen molar-refractivity contribution >= 4 is 27.5 Å². The molecule has 4 heteroatoms. The summed E-state index contributed by atoms with van der Waals surface area (Å²) < 4.78 is 3.66. The third kappa shape index (κ3) is 1.88. The van der Waals surface area contributed by atoms with Crippen LogP contribution in [0.15, 0.2) is 77.6 Å². The molecule has 2 heterocycles. The third-order valence-electron chi connectivity index (χ3n) is 4.67. The fraction of sp³-hybridized carbons (Fsp3) is 0.0476. The molecule has 0 spiro atoms. The van der Waals surface area contributed by atoms with Gasteiger partial charge in [-0.2, -0.15) is 4.52 Å². The van der Waals surface area contributed by atoms with Crippen molar-refractivity contribution in [1.82, 2.24) is 14.2 Å². The number of benzene rings is 3. The summed E-state index contributed by atoms with van der Waals surface area (Å²) in [7, 11) is 0. The first-order valence-corrected chi connectivity index (χ1v) is 8.23. The Labute approximate surface area is 143 Å². The number of aryl methyl sites for hydroxylation is 1. The highest BCUT2D eigenvalue weighted by atomic mass is 16.1. The van der Waals surface area contributed by atoms with Gasteiger partial charge in [-0.05, 0) is 42.8 Å². The van der Waals surface area contributed by atoms with Crippen LogP contribution in [0.5, 0.6) is 0 Å². The monoisotopic (exact) mass is 325 g/mol. The van der Waals surface area contributed by atoms with Crippen molar-refractivity contribution in [1.29, 1.82) is 0 Å². The molecule has 120 valence electrons. The van der Waals surface area contributed by atoms with Crippen molar-refractivity contribution in [3.05, 3.63) is 88.7 Å². The Morgan fingerprint density at radius 2 is 1.48 bits per heavy atom. The minimum absolute atomic E-state index is 0.0555. The molecule has 0 saturated heterocycles. The van der Waals surface area contributed by atoms with Crippen LogP contribution in [0, 0.1) is 6.92 Å². The van der Waals surface area contributed by atoms with Crippen molar-refractivity contribution in [2.75, 3.05) is 0 Å². The zero-order valence-corrected chi connectivity index (χ0v) is 13.7. The lowest BCUT2D eigenvalue weighted by Gasteiger charge is -2.11. The standard InChI is InChI=1S/C21H15N3O/c1-14-8-2-6-12-18(14)23-19-13-7-4-10-16(19)20-22-17-11-5-3-9-15(17)21(25)24(20)23/h2-13H,1H3. The summed E-state index contributed by atoms with van der Waals surface area (Å²) >= 11 is 0. The Bertz CT molecular complexity index is 1330. The fourth-order valence-corrected chi connectivity index (χ4v) is 3.48. The van der Waals surface area contributed by atoms with Gasteiger partial charge in [-0.1, -0.05) is 42.5 Å². The molecule has 4 nitrogen and oxygen atoms in total. The Hall–Kier alpha value is -3.40. The molecule has 0 aliphatic carbocycles. The molecule has 0 amide bonds. The topological polar surface area (TPSA) is 39.3 Å².